The van der Waals surface area contributed by atoms with E-state index in [0.717, 1.165) is 115 Å². The molecule has 0 aliphatic carbocycles. The molecule has 2 amide bonds. The lowest BCUT2D eigenvalue weighted by Crippen LogP contribution is -2.49. The van der Waals surface area contributed by atoms with Crippen LogP contribution in [0.2, 0.25) is 0 Å². The topological polar surface area (TPSA) is 152 Å². The zero-order chi connectivity index (χ0) is 41.3. The lowest BCUT2D eigenvalue weighted by molar-refractivity contribution is -0.131. The monoisotopic (exact) mass is 800 g/mol. The van der Waals surface area contributed by atoms with Crippen LogP contribution in [-0.4, -0.2) is 144 Å². The molecule has 14 nitrogen and oxygen atoms in total. The Morgan fingerprint density at radius 1 is 0.678 bits per heavy atom. The van der Waals surface area contributed by atoms with Crippen LogP contribution in [-0.2, 0) is 29.1 Å². The molecule has 2 aliphatic rings. The van der Waals surface area contributed by atoms with Gasteiger partial charge in [0.1, 0.15) is 0 Å². The van der Waals surface area contributed by atoms with E-state index in [1.807, 2.05) is 45.8 Å². The van der Waals surface area contributed by atoms with E-state index < -0.39 is 0 Å². The highest BCUT2D eigenvalue weighted by molar-refractivity contribution is 5.79. The number of nitrogens with two attached hydrogens (primary N) is 2. The summed E-state index contributed by atoms with van der Waals surface area (Å²) in [5.74, 6) is 0.350. The second-order valence-electron chi connectivity index (χ2n) is 15.8. The average molecular weight is 801 g/mol. The fourth-order valence-electron chi connectivity index (χ4n) is 8.17. The quantitative estimate of drug-likeness (QED) is 0.135. The number of carbonyl (C=O) groups excluding carboxylic acids is 2. The first-order valence-electron chi connectivity index (χ1n) is 21.0. The molecule has 0 radical (unpaired) electrons. The van der Waals surface area contributed by atoms with Crippen molar-refractivity contribution >= 4 is 23.2 Å². The zero-order valence-electron chi connectivity index (χ0n) is 34.9. The number of aromatic nitrogens is 4. The Hall–Kier alpha value is -5.54. The standard InChI is InChI=1S/C45H60N12O2/c1-4-42(58)55-24-20-53(21-25-55)40-14-10-36(11-15-40)45-38(32-52(3)19-17-47)33-57(50-45)41-7-5-6-34(28-41)29-43(59)56-26-22-54(23-27-56)39-12-8-35(9-13-39)44-37(30-48-49-44)31-51(2)18-16-46/h5-15,28,30,33H,4,16-27,29,31-32,46-47H2,1-3H3,(H,48,49). The summed E-state index contributed by atoms with van der Waals surface area (Å²) in [6.45, 7) is 12.2. The van der Waals surface area contributed by atoms with Crippen LogP contribution in [0.25, 0.3) is 28.2 Å². The Labute approximate surface area is 348 Å². The molecule has 2 fully saturated rings. The van der Waals surface area contributed by atoms with Crippen molar-refractivity contribution in [2.45, 2.75) is 32.9 Å². The molecule has 0 unspecified atom stereocenters. The van der Waals surface area contributed by atoms with E-state index >= 15 is 0 Å². The normalized spacial score (nSPS) is 14.8. The van der Waals surface area contributed by atoms with Crippen molar-refractivity contribution < 1.29 is 9.59 Å². The first kappa shape index (κ1) is 41.6. The molecular weight excluding hydrogens is 741 g/mol. The maximum Gasteiger partial charge on any atom is 0.227 e. The number of aromatic amines is 1. The van der Waals surface area contributed by atoms with Gasteiger partial charge in [0.25, 0.3) is 0 Å². The number of nitrogens with one attached hydrogen (secondary N) is 1. The molecule has 0 spiro atoms. The summed E-state index contributed by atoms with van der Waals surface area (Å²) in [6.07, 6.45) is 4.94. The predicted octanol–water partition coefficient (Wildman–Crippen LogP) is 3.66. The number of H-pyrrole nitrogens is 1. The summed E-state index contributed by atoms with van der Waals surface area (Å²) in [5.41, 5.74) is 22.1. The maximum atomic E-state index is 13.6. The fraction of sp³-hybridized carbons (Fsp3) is 0.422. The lowest BCUT2D eigenvalue weighted by Gasteiger charge is -2.36. The highest BCUT2D eigenvalue weighted by Gasteiger charge is 2.24. The molecule has 5 aromatic rings. The molecule has 59 heavy (non-hydrogen) atoms. The van der Waals surface area contributed by atoms with Gasteiger partial charge >= 0.3 is 0 Å². The summed E-state index contributed by atoms with van der Waals surface area (Å²) in [4.78, 5) is 38.9. The van der Waals surface area contributed by atoms with Crippen molar-refractivity contribution in [1.29, 1.82) is 0 Å². The molecule has 0 atom stereocenters. The third-order valence-corrected chi connectivity index (χ3v) is 11.5. The van der Waals surface area contributed by atoms with Gasteiger partial charge in [-0.15, -0.1) is 0 Å². The van der Waals surface area contributed by atoms with Crippen molar-refractivity contribution in [2.24, 2.45) is 11.5 Å². The number of carbonyl (C=O) groups is 2. The third kappa shape index (κ3) is 10.2. The molecule has 2 aliphatic heterocycles. The van der Waals surface area contributed by atoms with Gasteiger partial charge in [0.05, 0.1) is 23.5 Å². The van der Waals surface area contributed by atoms with Crippen LogP contribution in [0.3, 0.4) is 0 Å². The molecule has 0 saturated carbocycles. The first-order chi connectivity index (χ1) is 28.7. The highest BCUT2D eigenvalue weighted by atomic mass is 16.2. The minimum Gasteiger partial charge on any atom is -0.368 e. The Kier molecular flexibility index (Phi) is 13.7. The Balaban J connectivity index is 0.979. The molecule has 3 aromatic carbocycles. The number of amides is 2. The van der Waals surface area contributed by atoms with E-state index in [0.29, 0.717) is 45.6 Å². The summed E-state index contributed by atoms with van der Waals surface area (Å²) in [7, 11) is 4.14. The van der Waals surface area contributed by atoms with Crippen LogP contribution in [0, 0.1) is 0 Å². The Bertz CT molecular complexity index is 2130. The maximum absolute atomic E-state index is 13.6. The van der Waals surface area contributed by atoms with Gasteiger partial charge < -0.3 is 40.9 Å². The van der Waals surface area contributed by atoms with Gasteiger partial charge in [-0.05, 0) is 56.1 Å². The largest absolute Gasteiger partial charge is 0.368 e. The number of nitrogens with zero attached hydrogens (tertiary/aromatic N) is 9. The molecule has 14 heteroatoms. The summed E-state index contributed by atoms with van der Waals surface area (Å²) in [5, 5.41) is 12.7. The van der Waals surface area contributed by atoms with Crippen LogP contribution in [0.15, 0.2) is 85.2 Å². The summed E-state index contributed by atoms with van der Waals surface area (Å²) >= 11 is 0. The molecule has 312 valence electrons. The second-order valence-corrected chi connectivity index (χ2v) is 15.8. The van der Waals surface area contributed by atoms with Gasteiger partial charge in [-0.25, -0.2) is 4.68 Å². The van der Waals surface area contributed by atoms with Gasteiger partial charge in [-0.2, -0.15) is 10.2 Å². The van der Waals surface area contributed by atoms with E-state index in [1.165, 1.54) is 0 Å². The van der Waals surface area contributed by atoms with E-state index in [1.54, 1.807) is 0 Å². The molecule has 4 heterocycles. The molecule has 2 saturated heterocycles. The van der Waals surface area contributed by atoms with E-state index in [9.17, 15) is 9.59 Å². The van der Waals surface area contributed by atoms with Crippen LogP contribution in [0.1, 0.15) is 30.0 Å². The van der Waals surface area contributed by atoms with E-state index in [2.05, 4.69) is 105 Å². The average Bonchev–Trinajstić information content (AvgIpc) is 3.91. The number of benzene rings is 3. The number of likely N-dealkylation sites (N-methyl/N-ethyl adjacent to an activating group) is 2. The number of anilines is 2. The molecule has 5 N–H and O–H groups in total. The van der Waals surface area contributed by atoms with Crippen LogP contribution >= 0.6 is 0 Å². The van der Waals surface area contributed by atoms with Gasteiger partial charge in [0.15, 0.2) is 0 Å². The number of rotatable bonds is 16. The van der Waals surface area contributed by atoms with E-state index in [4.69, 9.17) is 16.6 Å². The molecule has 2 aromatic heterocycles. The number of piperazine rings is 2. The van der Waals surface area contributed by atoms with Gasteiger partial charge in [0.2, 0.25) is 11.8 Å². The smallest absolute Gasteiger partial charge is 0.227 e. The number of hydrogen-bond donors (Lipinski definition) is 3. The highest BCUT2D eigenvalue weighted by Crippen LogP contribution is 2.29. The predicted molar refractivity (Wildman–Crippen MR) is 235 cm³/mol. The van der Waals surface area contributed by atoms with Crippen LogP contribution in [0.5, 0.6) is 0 Å². The summed E-state index contributed by atoms with van der Waals surface area (Å²) < 4.78 is 1.93. The van der Waals surface area contributed by atoms with Crippen molar-refractivity contribution in [3.05, 3.63) is 102 Å². The van der Waals surface area contributed by atoms with Gasteiger partial charge in [-0.1, -0.05) is 43.3 Å². The SMILES string of the molecule is CCC(=O)N1CCN(c2ccc(-c3nn(-c4cccc(CC(=O)N5CCN(c6ccc(-c7n[nH]cc7CN(C)CCN)cc6)CC5)c4)cc3CN(C)CCN)cc2)CC1. The fourth-order valence-corrected chi connectivity index (χ4v) is 8.17. The van der Waals surface area contributed by atoms with Gasteiger partial charge in [0, 0.05) is 144 Å². The minimum atomic E-state index is 0.131. The zero-order valence-corrected chi connectivity index (χ0v) is 34.9. The molecular formula is C45H60N12O2. The third-order valence-electron chi connectivity index (χ3n) is 11.5. The molecule has 0 bridgehead atoms. The second kappa shape index (κ2) is 19.5. The van der Waals surface area contributed by atoms with Crippen LogP contribution in [0.4, 0.5) is 11.4 Å². The Morgan fingerprint density at radius 2 is 1.22 bits per heavy atom. The van der Waals surface area contributed by atoms with Crippen molar-refractivity contribution in [3.63, 3.8) is 0 Å². The lowest BCUT2D eigenvalue weighted by atomic mass is 10.1. The summed E-state index contributed by atoms with van der Waals surface area (Å²) in [6, 6.07) is 25.3. The Morgan fingerprint density at radius 3 is 1.78 bits per heavy atom. The van der Waals surface area contributed by atoms with Crippen molar-refractivity contribution in [2.75, 3.05) is 102 Å². The van der Waals surface area contributed by atoms with E-state index in [-0.39, 0.29) is 11.8 Å². The molecule has 7 rings (SSSR count). The minimum absolute atomic E-state index is 0.131. The van der Waals surface area contributed by atoms with Gasteiger partial charge in [-0.3, -0.25) is 14.7 Å². The van der Waals surface area contributed by atoms with Crippen LogP contribution < -0.4 is 21.3 Å². The number of hydrogen-bond acceptors (Lipinski definition) is 10. The van der Waals surface area contributed by atoms with Crippen molar-refractivity contribution in [3.8, 4) is 28.2 Å². The van der Waals surface area contributed by atoms with Crippen molar-refractivity contribution in [1.82, 2.24) is 39.6 Å². The first-order valence-corrected chi connectivity index (χ1v) is 21.0.